The molecule has 0 bridgehead atoms. The van der Waals surface area contributed by atoms with Gasteiger partial charge in [0.15, 0.2) is 0 Å². The van der Waals surface area contributed by atoms with E-state index in [1.807, 2.05) is 42.8 Å². The molecule has 138 valence electrons. The van der Waals surface area contributed by atoms with Gasteiger partial charge in [0.05, 0.1) is 16.8 Å². The van der Waals surface area contributed by atoms with Crippen LogP contribution >= 0.6 is 11.8 Å². The second kappa shape index (κ2) is 8.05. The van der Waals surface area contributed by atoms with Crippen LogP contribution in [0, 0.1) is 10.1 Å². The summed E-state index contributed by atoms with van der Waals surface area (Å²) < 4.78 is 1.73. The number of hydrogen-bond acceptors (Lipinski definition) is 5. The van der Waals surface area contributed by atoms with Gasteiger partial charge in [-0.3, -0.25) is 14.9 Å². The fourth-order valence-electron chi connectivity index (χ4n) is 2.69. The van der Waals surface area contributed by atoms with Crippen LogP contribution in [0.3, 0.4) is 0 Å². The summed E-state index contributed by atoms with van der Waals surface area (Å²) in [4.78, 5) is 25.8. The summed E-state index contributed by atoms with van der Waals surface area (Å²) in [5.41, 5.74) is 1.65. The molecule has 0 radical (unpaired) electrons. The Morgan fingerprint density at radius 3 is 2.67 bits per heavy atom. The zero-order valence-electron chi connectivity index (χ0n) is 14.9. The summed E-state index contributed by atoms with van der Waals surface area (Å²) in [6.45, 7) is 0.298. The SMILES string of the molecule is CSc1ccc([N+](=O)[O-])c(C(=O)N(C)Cc2cnn(-c3ccccc3)c2)c1. The second-order valence-corrected chi connectivity index (χ2v) is 6.81. The van der Waals surface area contributed by atoms with Crippen LogP contribution in [-0.4, -0.2) is 38.8 Å². The van der Waals surface area contributed by atoms with Crippen LogP contribution in [0.1, 0.15) is 15.9 Å². The van der Waals surface area contributed by atoms with E-state index in [0.717, 1.165) is 16.1 Å². The summed E-state index contributed by atoms with van der Waals surface area (Å²) in [5, 5.41) is 15.6. The fraction of sp³-hybridized carbons (Fsp3) is 0.158. The lowest BCUT2D eigenvalue weighted by Gasteiger charge is -2.16. The van der Waals surface area contributed by atoms with E-state index in [2.05, 4.69) is 5.10 Å². The van der Waals surface area contributed by atoms with Gasteiger partial charge in [-0.25, -0.2) is 4.68 Å². The van der Waals surface area contributed by atoms with Crippen molar-refractivity contribution in [3.63, 3.8) is 0 Å². The molecule has 0 aliphatic rings. The van der Waals surface area contributed by atoms with Gasteiger partial charge in [-0.2, -0.15) is 5.10 Å². The first-order valence-corrected chi connectivity index (χ1v) is 9.39. The van der Waals surface area contributed by atoms with E-state index < -0.39 is 10.8 Å². The highest BCUT2D eigenvalue weighted by Gasteiger charge is 2.23. The average Bonchev–Trinajstić information content (AvgIpc) is 3.15. The number of nitro benzene ring substituents is 1. The second-order valence-electron chi connectivity index (χ2n) is 5.93. The molecule has 0 saturated heterocycles. The Kier molecular flexibility index (Phi) is 5.56. The number of thioether (sulfide) groups is 1. The fourth-order valence-corrected chi connectivity index (χ4v) is 3.13. The molecule has 0 unspecified atom stereocenters. The number of hydrogen-bond donors (Lipinski definition) is 0. The van der Waals surface area contributed by atoms with Crippen molar-refractivity contribution in [2.45, 2.75) is 11.4 Å². The molecule has 8 heteroatoms. The highest BCUT2D eigenvalue weighted by Crippen LogP contribution is 2.26. The first kappa shape index (κ1) is 18.7. The van der Waals surface area contributed by atoms with Gasteiger partial charge in [0.25, 0.3) is 11.6 Å². The first-order valence-electron chi connectivity index (χ1n) is 8.16. The van der Waals surface area contributed by atoms with Gasteiger partial charge in [0, 0.05) is 36.3 Å². The van der Waals surface area contributed by atoms with Crippen molar-refractivity contribution >= 4 is 23.4 Å². The van der Waals surface area contributed by atoms with Crippen molar-refractivity contribution in [3.8, 4) is 5.69 Å². The largest absolute Gasteiger partial charge is 0.337 e. The van der Waals surface area contributed by atoms with Crippen LogP contribution in [0.15, 0.2) is 65.8 Å². The van der Waals surface area contributed by atoms with Crippen molar-refractivity contribution in [2.75, 3.05) is 13.3 Å². The van der Waals surface area contributed by atoms with Gasteiger partial charge in [0.1, 0.15) is 5.56 Å². The highest BCUT2D eigenvalue weighted by atomic mass is 32.2. The van der Waals surface area contributed by atoms with Crippen molar-refractivity contribution < 1.29 is 9.72 Å². The smallest absolute Gasteiger partial charge is 0.282 e. The Morgan fingerprint density at radius 1 is 1.26 bits per heavy atom. The molecule has 0 aliphatic carbocycles. The van der Waals surface area contributed by atoms with Crippen molar-refractivity contribution in [3.05, 3.63) is 82.2 Å². The number of para-hydroxylation sites is 1. The molecule has 0 aliphatic heterocycles. The summed E-state index contributed by atoms with van der Waals surface area (Å²) in [6, 6.07) is 14.2. The maximum absolute atomic E-state index is 12.8. The number of benzene rings is 2. The zero-order valence-corrected chi connectivity index (χ0v) is 15.7. The Balaban J connectivity index is 1.81. The third-order valence-corrected chi connectivity index (χ3v) is 4.78. The molecule has 0 atom stereocenters. The third kappa shape index (κ3) is 4.17. The van der Waals surface area contributed by atoms with Crippen LogP contribution in [0.2, 0.25) is 0 Å². The maximum Gasteiger partial charge on any atom is 0.282 e. The molecule has 0 N–H and O–H groups in total. The van der Waals surface area contributed by atoms with Crippen LogP contribution in [-0.2, 0) is 6.54 Å². The number of aromatic nitrogens is 2. The average molecular weight is 382 g/mol. The van der Waals surface area contributed by atoms with Gasteiger partial charge in [-0.15, -0.1) is 11.8 Å². The van der Waals surface area contributed by atoms with E-state index in [1.165, 1.54) is 22.7 Å². The molecular formula is C19H18N4O3S. The van der Waals surface area contributed by atoms with E-state index in [0.29, 0.717) is 6.54 Å². The Bertz CT molecular complexity index is 972. The quantitative estimate of drug-likeness (QED) is 0.368. The molecule has 3 aromatic rings. The number of nitrogens with zero attached hydrogens (tertiary/aromatic N) is 4. The predicted octanol–water partition coefficient (Wildman–Crippen LogP) is 3.77. The molecular weight excluding hydrogens is 364 g/mol. The van der Waals surface area contributed by atoms with E-state index in [9.17, 15) is 14.9 Å². The molecule has 1 aromatic heterocycles. The predicted molar refractivity (Wildman–Crippen MR) is 104 cm³/mol. The highest BCUT2D eigenvalue weighted by molar-refractivity contribution is 7.98. The summed E-state index contributed by atoms with van der Waals surface area (Å²) in [7, 11) is 1.62. The Hall–Kier alpha value is -3.13. The molecule has 0 spiro atoms. The number of rotatable bonds is 6. The van der Waals surface area contributed by atoms with Gasteiger partial charge < -0.3 is 4.90 Å². The van der Waals surface area contributed by atoms with Crippen LogP contribution < -0.4 is 0 Å². The number of nitro groups is 1. The van der Waals surface area contributed by atoms with E-state index >= 15 is 0 Å². The van der Waals surface area contributed by atoms with Gasteiger partial charge in [-0.1, -0.05) is 18.2 Å². The lowest BCUT2D eigenvalue weighted by molar-refractivity contribution is -0.385. The molecule has 3 rings (SSSR count). The van der Waals surface area contributed by atoms with Crippen LogP contribution in [0.4, 0.5) is 5.69 Å². The van der Waals surface area contributed by atoms with Crippen molar-refractivity contribution in [2.24, 2.45) is 0 Å². The van der Waals surface area contributed by atoms with Gasteiger partial charge in [-0.05, 0) is 30.5 Å². The van der Waals surface area contributed by atoms with Crippen molar-refractivity contribution in [1.82, 2.24) is 14.7 Å². The van der Waals surface area contributed by atoms with E-state index in [1.54, 1.807) is 30.1 Å². The Labute approximate surface area is 160 Å². The molecule has 1 amide bonds. The number of carbonyl (C=O) groups excluding carboxylic acids is 1. The monoisotopic (exact) mass is 382 g/mol. The minimum absolute atomic E-state index is 0.0878. The first-order chi connectivity index (χ1) is 13.0. The van der Waals surface area contributed by atoms with Crippen LogP contribution in [0.25, 0.3) is 5.69 Å². The lowest BCUT2D eigenvalue weighted by atomic mass is 10.1. The summed E-state index contributed by atoms with van der Waals surface area (Å²) in [5.74, 6) is -0.398. The minimum Gasteiger partial charge on any atom is -0.337 e. The lowest BCUT2D eigenvalue weighted by Crippen LogP contribution is -2.26. The minimum atomic E-state index is -0.529. The van der Waals surface area contributed by atoms with Gasteiger partial charge in [0.2, 0.25) is 0 Å². The number of carbonyl (C=O) groups is 1. The molecule has 2 aromatic carbocycles. The summed E-state index contributed by atoms with van der Waals surface area (Å²) >= 11 is 1.43. The zero-order chi connectivity index (χ0) is 19.4. The Morgan fingerprint density at radius 2 is 2.00 bits per heavy atom. The molecule has 0 fully saturated rings. The van der Waals surface area contributed by atoms with Crippen molar-refractivity contribution in [1.29, 1.82) is 0 Å². The van der Waals surface area contributed by atoms with Crippen LogP contribution in [0.5, 0.6) is 0 Å². The number of amides is 1. The van der Waals surface area contributed by atoms with E-state index in [-0.39, 0.29) is 11.3 Å². The molecule has 7 nitrogen and oxygen atoms in total. The molecule has 0 saturated carbocycles. The topological polar surface area (TPSA) is 81.3 Å². The maximum atomic E-state index is 12.8. The van der Waals surface area contributed by atoms with Gasteiger partial charge >= 0.3 is 0 Å². The normalized spacial score (nSPS) is 10.6. The summed E-state index contributed by atoms with van der Waals surface area (Å²) in [6.07, 6.45) is 5.38. The third-order valence-electron chi connectivity index (χ3n) is 4.05. The van der Waals surface area contributed by atoms with E-state index in [4.69, 9.17) is 0 Å². The standard InChI is InChI=1S/C19H18N4O3S/c1-21(12-14-11-20-22(13-14)15-6-4-3-5-7-15)19(24)17-10-16(27-2)8-9-18(17)23(25)26/h3-11,13H,12H2,1-2H3. The molecule has 27 heavy (non-hydrogen) atoms. The molecule has 1 heterocycles.